The van der Waals surface area contributed by atoms with Gasteiger partial charge in [0.2, 0.25) is 11.8 Å². The minimum atomic E-state index is -4.60. The SMILES string of the molecule is O=C1CCC(=O)N1c1ccc(S(=O)(=O)Nc2cccc(C(F)(F)F)c2)cc1. The normalized spacial score (nSPS) is 15.3. The summed E-state index contributed by atoms with van der Waals surface area (Å²) >= 11 is 0. The first-order valence-corrected chi connectivity index (χ1v) is 9.22. The Morgan fingerprint density at radius 2 is 1.52 bits per heavy atom. The van der Waals surface area contributed by atoms with Crippen LogP contribution in [-0.2, 0) is 25.8 Å². The van der Waals surface area contributed by atoms with Crippen molar-refractivity contribution < 1.29 is 31.2 Å². The number of hydrogen-bond donors (Lipinski definition) is 1. The van der Waals surface area contributed by atoms with E-state index < -0.39 is 21.8 Å². The molecule has 1 N–H and O–H groups in total. The average molecular weight is 398 g/mol. The molecule has 0 bridgehead atoms. The van der Waals surface area contributed by atoms with Crippen molar-refractivity contribution in [2.45, 2.75) is 23.9 Å². The molecule has 2 amide bonds. The fourth-order valence-corrected chi connectivity index (χ4v) is 3.66. The Balaban J connectivity index is 1.83. The number of alkyl halides is 3. The van der Waals surface area contributed by atoms with Gasteiger partial charge in [-0.15, -0.1) is 0 Å². The fraction of sp³-hybridized carbons (Fsp3) is 0.176. The van der Waals surface area contributed by atoms with E-state index in [-0.39, 0.29) is 40.9 Å². The van der Waals surface area contributed by atoms with Crippen LogP contribution in [-0.4, -0.2) is 20.2 Å². The van der Waals surface area contributed by atoms with Crippen LogP contribution in [0.2, 0.25) is 0 Å². The summed E-state index contributed by atoms with van der Waals surface area (Å²) in [6.07, 6.45) is -4.41. The van der Waals surface area contributed by atoms with Crippen molar-refractivity contribution in [3.05, 3.63) is 54.1 Å². The van der Waals surface area contributed by atoms with Crippen LogP contribution in [0.1, 0.15) is 18.4 Å². The molecule has 1 aliphatic rings. The highest BCUT2D eigenvalue weighted by molar-refractivity contribution is 7.92. The monoisotopic (exact) mass is 398 g/mol. The van der Waals surface area contributed by atoms with E-state index in [2.05, 4.69) is 4.72 Å². The molecule has 0 spiro atoms. The maximum Gasteiger partial charge on any atom is 0.416 e. The van der Waals surface area contributed by atoms with E-state index in [1.807, 2.05) is 0 Å². The summed E-state index contributed by atoms with van der Waals surface area (Å²) in [5.41, 5.74) is -0.983. The molecule has 142 valence electrons. The Hall–Kier alpha value is -2.88. The zero-order valence-electron chi connectivity index (χ0n) is 13.7. The number of nitrogens with one attached hydrogen (secondary N) is 1. The molecule has 2 aromatic rings. The molecule has 0 saturated carbocycles. The second-order valence-corrected chi connectivity index (χ2v) is 7.48. The quantitative estimate of drug-likeness (QED) is 0.802. The molecule has 6 nitrogen and oxygen atoms in total. The molecule has 0 unspecified atom stereocenters. The fourth-order valence-electron chi connectivity index (χ4n) is 2.61. The number of nitrogens with zero attached hydrogens (tertiary/aromatic N) is 1. The summed E-state index contributed by atoms with van der Waals surface area (Å²) in [5.74, 6) is -0.754. The maximum atomic E-state index is 12.7. The van der Waals surface area contributed by atoms with E-state index in [0.29, 0.717) is 6.07 Å². The van der Waals surface area contributed by atoms with Crippen molar-refractivity contribution in [1.29, 1.82) is 0 Å². The van der Waals surface area contributed by atoms with Gasteiger partial charge in [0, 0.05) is 18.5 Å². The lowest BCUT2D eigenvalue weighted by atomic mass is 10.2. The molecular weight excluding hydrogens is 385 g/mol. The molecule has 1 fully saturated rings. The van der Waals surface area contributed by atoms with Crippen molar-refractivity contribution >= 4 is 33.2 Å². The summed E-state index contributed by atoms with van der Waals surface area (Å²) in [4.78, 5) is 24.2. The Morgan fingerprint density at radius 1 is 0.926 bits per heavy atom. The van der Waals surface area contributed by atoms with Crippen LogP contribution >= 0.6 is 0 Å². The number of rotatable bonds is 4. The lowest BCUT2D eigenvalue weighted by Crippen LogP contribution is -2.28. The van der Waals surface area contributed by atoms with Gasteiger partial charge in [0.25, 0.3) is 10.0 Å². The minimum Gasteiger partial charge on any atom is -0.280 e. The molecule has 2 aromatic carbocycles. The topological polar surface area (TPSA) is 83.6 Å². The molecule has 1 saturated heterocycles. The first-order chi connectivity index (χ1) is 12.6. The second kappa shape index (κ2) is 6.69. The van der Waals surface area contributed by atoms with Gasteiger partial charge in [-0.2, -0.15) is 13.2 Å². The summed E-state index contributed by atoms with van der Waals surface area (Å²) < 4.78 is 65.1. The number of sulfonamides is 1. The third-order valence-corrected chi connectivity index (χ3v) is 5.30. The van der Waals surface area contributed by atoms with E-state index in [9.17, 15) is 31.2 Å². The predicted molar refractivity (Wildman–Crippen MR) is 90.4 cm³/mol. The highest BCUT2D eigenvalue weighted by Crippen LogP contribution is 2.31. The Bertz CT molecular complexity index is 986. The van der Waals surface area contributed by atoms with Crippen molar-refractivity contribution in [3.63, 3.8) is 0 Å². The number of hydrogen-bond acceptors (Lipinski definition) is 4. The van der Waals surface area contributed by atoms with Crippen molar-refractivity contribution in [3.8, 4) is 0 Å². The second-order valence-electron chi connectivity index (χ2n) is 5.80. The number of amides is 2. The minimum absolute atomic E-state index is 0.0932. The Labute approximate surface area is 152 Å². The Morgan fingerprint density at radius 3 is 2.07 bits per heavy atom. The summed E-state index contributed by atoms with van der Waals surface area (Å²) in [6.45, 7) is 0. The zero-order chi connectivity index (χ0) is 19.8. The summed E-state index contributed by atoms with van der Waals surface area (Å²) in [6, 6.07) is 8.74. The number of carbonyl (C=O) groups is 2. The van der Waals surface area contributed by atoms with Gasteiger partial charge in [-0.3, -0.25) is 19.2 Å². The van der Waals surface area contributed by atoms with Crippen LogP contribution in [0.4, 0.5) is 24.5 Å². The van der Waals surface area contributed by atoms with Crippen molar-refractivity contribution in [2.24, 2.45) is 0 Å². The molecular formula is C17H13F3N2O4S. The zero-order valence-corrected chi connectivity index (χ0v) is 14.5. The Kier molecular flexibility index (Phi) is 4.68. The third kappa shape index (κ3) is 3.95. The molecule has 3 rings (SSSR count). The molecule has 1 heterocycles. The molecule has 1 aliphatic heterocycles. The van der Waals surface area contributed by atoms with Crippen LogP contribution in [0.15, 0.2) is 53.4 Å². The highest BCUT2D eigenvalue weighted by atomic mass is 32.2. The van der Waals surface area contributed by atoms with Gasteiger partial charge in [0.1, 0.15) is 0 Å². The molecule has 0 radical (unpaired) electrons. The van der Waals surface area contributed by atoms with Gasteiger partial charge >= 0.3 is 6.18 Å². The summed E-state index contributed by atoms with van der Waals surface area (Å²) in [7, 11) is -4.15. The lowest BCUT2D eigenvalue weighted by molar-refractivity contribution is -0.137. The van der Waals surface area contributed by atoms with Crippen LogP contribution in [0.5, 0.6) is 0 Å². The van der Waals surface area contributed by atoms with Gasteiger partial charge in [-0.25, -0.2) is 8.42 Å². The highest BCUT2D eigenvalue weighted by Gasteiger charge is 2.31. The smallest absolute Gasteiger partial charge is 0.280 e. The molecule has 0 aromatic heterocycles. The number of halogens is 3. The van der Waals surface area contributed by atoms with Crippen molar-refractivity contribution in [1.82, 2.24) is 0 Å². The average Bonchev–Trinajstić information content (AvgIpc) is 2.93. The van der Waals surface area contributed by atoms with Gasteiger partial charge in [-0.1, -0.05) is 6.07 Å². The summed E-state index contributed by atoms with van der Waals surface area (Å²) in [5, 5.41) is 0. The van der Waals surface area contributed by atoms with Crippen LogP contribution in [0.25, 0.3) is 0 Å². The lowest BCUT2D eigenvalue weighted by Gasteiger charge is -2.15. The van der Waals surface area contributed by atoms with Gasteiger partial charge < -0.3 is 0 Å². The van der Waals surface area contributed by atoms with Gasteiger partial charge in [0.05, 0.1) is 16.1 Å². The molecule has 10 heteroatoms. The van der Waals surface area contributed by atoms with E-state index in [1.54, 1.807) is 0 Å². The van der Waals surface area contributed by atoms with Gasteiger partial charge in [0.15, 0.2) is 0 Å². The standard InChI is InChI=1S/C17H13F3N2O4S/c18-17(19,20)11-2-1-3-12(10-11)21-27(25,26)14-6-4-13(5-7-14)22-15(23)8-9-16(22)24/h1-7,10,21H,8-9H2. The third-order valence-electron chi connectivity index (χ3n) is 3.90. The van der Waals surface area contributed by atoms with E-state index in [0.717, 1.165) is 17.0 Å². The first kappa shape index (κ1) is 18.9. The largest absolute Gasteiger partial charge is 0.416 e. The molecule has 27 heavy (non-hydrogen) atoms. The van der Waals surface area contributed by atoms with Gasteiger partial charge in [-0.05, 0) is 42.5 Å². The maximum absolute atomic E-state index is 12.7. The first-order valence-electron chi connectivity index (χ1n) is 7.74. The predicted octanol–water partition coefficient (Wildman–Crippen LogP) is 3.16. The van der Waals surface area contributed by atoms with E-state index in [1.165, 1.54) is 30.3 Å². The molecule has 0 atom stereocenters. The van der Waals surface area contributed by atoms with E-state index >= 15 is 0 Å². The van der Waals surface area contributed by atoms with E-state index in [4.69, 9.17) is 0 Å². The van der Waals surface area contributed by atoms with Crippen LogP contribution in [0.3, 0.4) is 0 Å². The molecule has 0 aliphatic carbocycles. The van der Waals surface area contributed by atoms with Crippen LogP contribution in [0, 0.1) is 0 Å². The number of carbonyl (C=O) groups excluding carboxylic acids is 2. The van der Waals surface area contributed by atoms with Crippen molar-refractivity contribution in [2.75, 3.05) is 9.62 Å². The number of benzene rings is 2. The van der Waals surface area contributed by atoms with Crippen LogP contribution < -0.4 is 9.62 Å². The number of imide groups is 1. The number of anilines is 2.